The van der Waals surface area contributed by atoms with Crippen LogP contribution in [0, 0.1) is 5.92 Å². The number of aromatic nitrogens is 3. The van der Waals surface area contributed by atoms with Crippen molar-refractivity contribution < 1.29 is 5.11 Å². The summed E-state index contributed by atoms with van der Waals surface area (Å²) in [6.07, 6.45) is 3.26. The molecule has 6 heteroatoms. The van der Waals surface area contributed by atoms with Crippen LogP contribution in [-0.4, -0.2) is 37.9 Å². The molecular weight excluding hydrogens is 360 g/mol. The molecule has 2 aromatic carbocycles. The van der Waals surface area contributed by atoms with Gasteiger partial charge >= 0.3 is 0 Å². The summed E-state index contributed by atoms with van der Waals surface area (Å²) >= 11 is 5.94. The van der Waals surface area contributed by atoms with Crippen LogP contribution in [0.3, 0.4) is 0 Å². The van der Waals surface area contributed by atoms with Crippen molar-refractivity contribution in [2.75, 3.05) is 13.1 Å². The molecule has 0 radical (unpaired) electrons. The number of benzene rings is 2. The summed E-state index contributed by atoms with van der Waals surface area (Å²) in [6, 6.07) is 17.7. The average molecular weight is 383 g/mol. The van der Waals surface area contributed by atoms with E-state index in [1.165, 1.54) is 0 Å². The first-order chi connectivity index (χ1) is 13.2. The van der Waals surface area contributed by atoms with Crippen molar-refractivity contribution in [3.8, 4) is 5.69 Å². The van der Waals surface area contributed by atoms with E-state index in [-0.39, 0.29) is 5.92 Å². The number of likely N-dealkylation sites (tertiary alicyclic amines) is 1. The minimum Gasteiger partial charge on any atom is -0.388 e. The molecule has 27 heavy (non-hydrogen) atoms. The Hall–Kier alpha value is -2.21. The van der Waals surface area contributed by atoms with E-state index in [9.17, 15) is 5.11 Å². The number of para-hydroxylation sites is 1. The fraction of sp³-hybridized carbons (Fsp3) is 0.333. The van der Waals surface area contributed by atoms with Gasteiger partial charge in [-0.15, -0.1) is 10.2 Å². The molecule has 4 rings (SSSR count). The molecule has 1 aromatic heterocycles. The van der Waals surface area contributed by atoms with E-state index < -0.39 is 6.10 Å². The molecule has 0 amide bonds. The molecule has 0 bridgehead atoms. The number of halogens is 1. The Morgan fingerprint density at radius 2 is 1.74 bits per heavy atom. The predicted octanol–water partition coefficient (Wildman–Crippen LogP) is 3.87. The van der Waals surface area contributed by atoms with E-state index in [2.05, 4.69) is 27.2 Å². The van der Waals surface area contributed by atoms with E-state index in [0.29, 0.717) is 5.02 Å². The maximum atomic E-state index is 10.7. The number of rotatable bonds is 5. The van der Waals surface area contributed by atoms with Gasteiger partial charge in [0.1, 0.15) is 6.33 Å². The Kier molecular flexibility index (Phi) is 5.53. The molecular formula is C21H23ClN4O. The van der Waals surface area contributed by atoms with Crippen LogP contribution in [0.5, 0.6) is 0 Å². The van der Waals surface area contributed by atoms with Crippen molar-refractivity contribution in [1.82, 2.24) is 19.7 Å². The van der Waals surface area contributed by atoms with Gasteiger partial charge in [-0.25, -0.2) is 0 Å². The summed E-state index contributed by atoms with van der Waals surface area (Å²) in [6.45, 7) is 2.65. The smallest absolute Gasteiger partial charge is 0.151 e. The molecule has 0 aliphatic carbocycles. The summed E-state index contributed by atoms with van der Waals surface area (Å²) in [5, 5.41) is 19.8. The van der Waals surface area contributed by atoms with Crippen LogP contribution in [0.15, 0.2) is 60.9 Å². The fourth-order valence-electron chi connectivity index (χ4n) is 3.73. The lowest BCUT2D eigenvalue weighted by Crippen LogP contribution is -2.35. The van der Waals surface area contributed by atoms with Gasteiger partial charge in [0, 0.05) is 10.7 Å². The molecule has 3 aromatic rings. The summed E-state index contributed by atoms with van der Waals surface area (Å²) < 4.78 is 2.04. The monoisotopic (exact) mass is 382 g/mol. The number of hydrogen-bond donors (Lipinski definition) is 1. The van der Waals surface area contributed by atoms with Crippen LogP contribution >= 0.6 is 11.6 Å². The predicted molar refractivity (Wildman–Crippen MR) is 106 cm³/mol. The van der Waals surface area contributed by atoms with Gasteiger partial charge in [0.05, 0.1) is 12.6 Å². The maximum Gasteiger partial charge on any atom is 0.151 e. The highest BCUT2D eigenvalue weighted by molar-refractivity contribution is 6.30. The third-order valence-corrected chi connectivity index (χ3v) is 5.56. The molecule has 0 spiro atoms. The average Bonchev–Trinajstić information content (AvgIpc) is 3.17. The van der Waals surface area contributed by atoms with Crippen molar-refractivity contribution in [2.45, 2.75) is 25.5 Å². The Morgan fingerprint density at radius 3 is 2.44 bits per heavy atom. The molecule has 1 atom stereocenters. The minimum atomic E-state index is -0.433. The molecule has 2 heterocycles. The number of hydrogen-bond acceptors (Lipinski definition) is 4. The van der Waals surface area contributed by atoms with Crippen molar-refractivity contribution in [2.24, 2.45) is 5.92 Å². The first-order valence-electron chi connectivity index (χ1n) is 9.31. The minimum absolute atomic E-state index is 0.273. The van der Waals surface area contributed by atoms with Crippen LogP contribution in [-0.2, 0) is 6.54 Å². The van der Waals surface area contributed by atoms with Gasteiger partial charge in [0.15, 0.2) is 5.82 Å². The zero-order valence-electron chi connectivity index (χ0n) is 15.1. The first kappa shape index (κ1) is 18.2. The molecule has 1 N–H and O–H groups in total. The zero-order chi connectivity index (χ0) is 18.6. The molecule has 1 aliphatic heterocycles. The fourth-order valence-corrected chi connectivity index (χ4v) is 3.86. The Bertz CT molecular complexity index is 857. The van der Waals surface area contributed by atoms with E-state index in [1.807, 2.05) is 47.0 Å². The van der Waals surface area contributed by atoms with Gasteiger partial charge < -0.3 is 5.11 Å². The highest BCUT2D eigenvalue weighted by Gasteiger charge is 2.27. The van der Waals surface area contributed by atoms with Gasteiger partial charge in [-0.05, 0) is 61.7 Å². The first-order valence-corrected chi connectivity index (χ1v) is 9.69. The molecule has 5 nitrogen and oxygen atoms in total. The quantitative estimate of drug-likeness (QED) is 0.727. The number of aliphatic hydroxyl groups is 1. The molecule has 0 unspecified atom stereocenters. The van der Waals surface area contributed by atoms with Crippen LogP contribution < -0.4 is 0 Å². The van der Waals surface area contributed by atoms with E-state index in [1.54, 1.807) is 6.33 Å². The van der Waals surface area contributed by atoms with Crippen LogP contribution in [0.4, 0.5) is 0 Å². The number of nitrogens with zero attached hydrogens (tertiary/aromatic N) is 4. The molecule has 1 fully saturated rings. The number of aliphatic hydroxyl groups excluding tert-OH is 1. The SMILES string of the molecule is O[C@@H](c1ccc(Cl)cc1)C1CCN(Cc2nncn2-c2ccccc2)CC1. The van der Waals surface area contributed by atoms with Crippen LogP contribution in [0.1, 0.15) is 30.3 Å². The third kappa shape index (κ3) is 4.21. The third-order valence-electron chi connectivity index (χ3n) is 5.31. The van der Waals surface area contributed by atoms with Gasteiger partial charge in [-0.1, -0.05) is 41.9 Å². The Balaban J connectivity index is 1.36. The topological polar surface area (TPSA) is 54.2 Å². The van der Waals surface area contributed by atoms with Crippen LogP contribution in [0.2, 0.25) is 5.02 Å². The van der Waals surface area contributed by atoms with Crippen molar-refractivity contribution in [3.05, 3.63) is 77.3 Å². The van der Waals surface area contributed by atoms with E-state index in [4.69, 9.17) is 11.6 Å². The lowest BCUT2D eigenvalue weighted by Gasteiger charge is -2.34. The standard InChI is InChI=1S/C21H23ClN4O/c22-18-8-6-16(7-9-18)21(27)17-10-12-25(13-11-17)14-20-24-23-15-26(20)19-4-2-1-3-5-19/h1-9,15,17,21,27H,10-14H2/t21-/m0/s1. The van der Waals surface area contributed by atoms with Crippen molar-refractivity contribution >= 4 is 11.6 Å². The highest BCUT2D eigenvalue weighted by atomic mass is 35.5. The molecule has 140 valence electrons. The van der Waals surface area contributed by atoms with Crippen molar-refractivity contribution in [3.63, 3.8) is 0 Å². The molecule has 1 aliphatic rings. The summed E-state index contributed by atoms with van der Waals surface area (Å²) in [4.78, 5) is 2.38. The maximum absolute atomic E-state index is 10.7. The normalized spacial score (nSPS) is 17.1. The second-order valence-electron chi connectivity index (χ2n) is 7.06. The van der Waals surface area contributed by atoms with Gasteiger partial charge in [-0.2, -0.15) is 0 Å². The summed E-state index contributed by atoms with van der Waals surface area (Å²) in [7, 11) is 0. The van der Waals surface area contributed by atoms with Crippen molar-refractivity contribution in [1.29, 1.82) is 0 Å². The van der Waals surface area contributed by atoms with E-state index >= 15 is 0 Å². The van der Waals surface area contributed by atoms with E-state index in [0.717, 1.165) is 49.6 Å². The molecule has 1 saturated heterocycles. The largest absolute Gasteiger partial charge is 0.388 e. The van der Waals surface area contributed by atoms with Gasteiger partial charge in [0.25, 0.3) is 0 Å². The van der Waals surface area contributed by atoms with Gasteiger partial charge in [0.2, 0.25) is 0 Å². The van der Waals surface area contributed by atoms with Gasteiger partial charge in [-0.3, -0.25) is 9.47 Å². The summed E-state index contributed by atoms with van der Waals surface area (Å²) in [5.41, 5.74) is 2.02. The lowest BCUT2D eigenvalue weighted by atomic mass is 9.87. The second-order valence-corrected chi connectivity index (χ2v) is 7.50. The lowest BCUT2D eigenvalue weighted by molar-refractivity contribution is 0.0559. The second kappa shape index (κ2) is 8.21. The summed E-state index contributed by atoms with van der Waals surface area (Å²) in [5.74, 6) is 1.22. The molecule has 0 saturated carbocycles. The Labute approximate surface area is 164 Å². The zero-order valence-corrected chi connectivity index (χ0v) is 15.8. The number of piperidine rings is 1. The highest BCUT2D eigenvalue weighted by Crippen LogP contribution is 2.31. The van der Waals surface area contributed by atoms with Crippen LogP contribution in [0.25, 0.3) is 5.69 Å². The Morgan fingerprint density at radius 1 is 1.04 bits per heavy atom.